The number of aryl methyl sites for hydroxylation is 1. The SMILES string of the molecule is CC(C=O)c1c(N)c(O)c2c3c(ccc2c1O)C(C)(C)CCC3. The summed E-state index contributed by atoms with van der Waals surface area (Å²) in [6.07, 6.45) is 3.70. The van der Waals surface area contributed by atoms with Crippen molar-refractivity contribution in [3.63, 3.8) is 0 Å². The molecular formula is C19H23NO3. The van der Waals surface area contributed by atoms with Crippen molar-refractivity contribution >= 4 is 22.7 Å². The average Bonchev–Trinajstić information content (AvgIpc) is 2.51. The highest BCUT2D eigenvalue weighted by Crippen LogP contribution is 2.49. The molecule has 1 atom stereocenters. The second-order valence-electron chi connectivity index (χ2n) is 7.20. The van der Waals surface area contributed by atoms with Gasteiger partial charge >= 0.3 is 0 Å². The number of hydrogen-bond donors (Lipinski definition) is 3. The highest BCUT2D eigenvalue weighted by atomic mass is 16.3. The van der Waals surface area contributed by atoms with Gasteiger partial charge in [0.15, 0.2) is 0 Å². The summed E-state index contributed by atoms with van der Waals surface area (Å²) in [5, 5.41) is 22.5. The summed E-state index contributed by atoms with van der Waals surface area (Å²) in [4.78, 5) is 11.1. The predicted octanol–water partition coefficient (Wildman–Crippen LogP) is 3.75. The summed E-state index contributed by atoms with van der Waals surface area (Å²) in [5.74, 6) is -0.588. The molecular weight excluding hydrogens is 290 g/mol. The first-order valence-corrected chi connectivity index (χ1v) is 8.04. The van der Waals surface area contributed by atoms with Crippen molar-refractivity contribution in [2.75, 3.05) is 5.73 Å². The number of nitrogen functional groups attached to an aromatic ring is 1. The van der Waals surface area contributed by atoms with Gasteiger partial charge in [-0.25, -0.2) is 0 Å². The van der Waals surface area contributed by atoms with E-state index in [0.717, 1.165) is 31.1 Å². The lowest BCUT2D eigenvalue weighted by Gasteiger charge is -2.34. The van der Waals surface area contributed by atoms with Crippen LogP contribution in [0.4, 0.5) is 5.69 Å². The molecule has 0 aliphatic heterocycles. The van der Waals surface area contributed by atoms with E-state index in [0.29, 0.717) is 16.3 Å². The lowest BCUT2D eigenvalue weighted by Crippen LogP contribution is -2.24. The van der Waals surface area contributed by atoms with Gasteiger partial charge in [0.05, 0.1) is 5.69 Å². The summed E-state index contributed by atoms with van der Waals surface area (Å²) in [5.41, 5.74) is 8.76. The van der Waals surface area contributed by atoms with Crippen LogP contribution in [0.2, 0.25) is 0 Å². The molecule has 4 heteroatoms. The third-order valence-electron chi connectivity index (χ3n) is 5.22. The van der Waals surface area contributed by atoms with Crippen molar-refractivity contribution in [2.45, 2.75) is 51.4 Å². The Morgan fingerprint density at radius 1 is 1.26 bits per heavy atom. The molecule has 0 amide bonds. The number of carbonyl (C=O) groups is 1. The molecule has 0 spiro atoms. The quantitative estimate of drug-likeness (QED) is 0.341. The molecule has 0 heterocycles. The number of phenols is 2. The summed E-state index contributed by atoms with van der Waals surface area (Å²) < 4.78 is 0. The molecule has 4 nitrogen and oxygen atoms in total. The van der Waals surface area contributed by atoms with Crippen LogP contribution in [-0.4, -0.2) is 16.5 Å². The second kappa shape index (κ2) is 5.15. The van der Waals surface area contributed by atoms with Crippen LogP contribution in [0.1, 0.15) is 56.2 Å². The summed E-state index contributed by atoms with van der Waals surface area (Å²) in [6.45, 7) is 6.05. The van der Waals surface area contributed by atoms with Gasteiger partial charge in [0.1, 0.15) is 17.8 Å². The number of phenolic OH excluding ortho intramolecular Hbond substituents is 2. The van der Waals surface area contributed by atoms with Crippen molar-refractivity contribution in [3.05, 3.63) is 28.8 Å². The fraction of sp³-hybridized carbons (Fsp3) is 0.421. The van der Waals surface area contributed by atoms with Crippen LogP contribution in [0.15, 0.2) is 12.1 Å². The van der Waals surface area contributed by atoms with Crippen molar-refractivity contribution < 1.29 is 15.0 Å². The molecule has 3 rings (SSSR count). The van der Waals surface area contributed by atoms with E-state index in [1.165, 1.54) is 5.56 Å². The first-order chi connectivity index (χ1) is 10.8. The molecule has 4 N–H and O–H groups in total. The number of hydrogen-bond acceptors (Lipinski definition) is 4. The van der Waals surface area contributed by atoms with Crippen molar-refractivity contribution in [1.29, 1.82) is 0 Å². The molecule has 0 saturated heterocycles. The molecule has 0 aromatic heterocycles. The summed E-state index contributed by atoms with van der Waals surface area (Å²) >= 11 is 0. The molecule has 0 saturated carbocycles. The van der Waals surface area contributed by atoms with Gasteiger partial charge in [0, 0.05) is 22.3 Å². The maximum atomic E-state index is 11.1. The first-order valence-electron chi connectivity index (χ1n) is 8.04. The van der Waals surface area contributed by atoms with Crippen LogP contribution in [0.25, 0.3) is 10.8 Å². The molecule has 1 aliphatic carbocycles. The highest BCUT2D eigenvalue weighted by molar-refractivity contribution is 6.03. The average molecular weight is 313 g/mol. The van der Waals surface area contributed by atoms with Crippen LogP contribution in [0.5, 0.6) is 11.5 Å². The fourth-order valence-electron chi connectivity index (χ4n) is 3.91. The van der Waals surface area contributed by atoms with Crippen molar-refractivity contribution in [1.82, 2.24) is 0 Å². The molecule has 122 valence electrons. The lowest BCUT2D eigenvalue weighted by molar-refractivity contribution is -0.108. The third-order valence-corrected chi connectivity index (χ3v) is 5.22. The second-order valence-corrected chi connectivity index (χ2v) is 7.20. The Labute approximate surface area is 135 Å². The third kappa shape index (κ3) is 2.16. The molecule has 0 bridgehead atoms. The Balaban J connectivity index is 2.43. The Hall–Kier alpha value is -2.23. The van der Waals surface area contributed by atoms with Crippen LogP contribution < -0.4 is 5.73 Å². The van der Waals surface area contributed by atoms with E-state index in [2.05, 4.69) is 13.8 Å². The van der Waals surface area contributed by atoms with Crippen molar-refractivity contribution in [2.24, 2.45) is 0 Å². The highest BCUT2D eigenvalue weighted by Gasteiger charge is 2.31. The number of fused-ring (bicyclic) bond motifs is 3. The number of aromatic hydroxyl groups is 2. The Morgan fingerprint density at radius 3 is 2.61 bits per heavy atom. The van der Waals surface area contributed by atoms with E-state index in [9.17, 15) is 15.0 Å². The molecule has 1 aliphatic rings. The van der Waals surface area contributed by atoms with Gasteiger partial charge in [0.25, 0.3) is 0 Å². The zero-order valence-electron chi connectivity index (χ0n) is 13.8. The smallest absolute Gasteiger partial charge is 0.147 e. The van der Waals surface area contributed by atoms with Gasteiger partial charge in [-0.05, 0) is 35.8 Å². The molecule has 23 heavy (non-hydrogen) atoms. The number of nitrogens with two attached hydrogens (primary N) is 1. The predicted molar refractivity (Wildman–Crippen MR) is 92.1 cm³/mol. The molecule has 0 radical (unpaired) electrons. The van der Waals surface area contributed by atoms with Crippen LogP contribution in [0, 0.1) is 0 Å². The minimum atomic E-state index is -0.572. The molecule has 1 unspecified atom stereocenters. The maximum Gasteiger partial charge on any atom is 0.147 e. The monoisotopic (exact) mass is 313 g/mol. The van der Waals surface area contributed by atoms with Crippen molar-refractivity contribution in [3.8, 4) is 11.5 Å². The van der Waals surface area contributed by atoms with Gasteiger partial charge in [-0.15, -0.1) is 0 Å². The largest absolute Gasteiger partial charge is 0.507 e. The minimum Gasteiger partial charge on any atom is -0.507 e. The van der Waals surface area contributed by atoms with Crippen LogP contribution in [0.3, 0.4) is 0 Å². The Bertz CT molecular complexity index is 808. The normalized spacial score (nSPS) is 17.7. The number of rotatable bonds is 2. The Morgan fingerprint density at radius 2 is 1.96 bits per heavy atom. The number of carbonyl (C=O) groups excluding carboxylic acids is 1. The Kier molecular flexibility index (Phi) is 3.51. The van der Waals surface area contributed by atoms with E-state index in [1.807, 2.05) is 12.1 Å². The van der Waals surface area contributed by atoms with E-state index >= 15 is 0 Å². The van der Waals surface area contributed by atoms with Gasteiger partial charge in [-0.2, -0.15) is 0 Å². The van der Waals surface area contributed by atoms with Crippen LogP contribution >= 0.6 is 0 Å². The number of anilines is 1. The standard InChI is InChI=1S/C19H23NO3/c1-10(9-21)14-16(20)18(23)15-11-5-4-8-19(2,3)13(11)7-6-12(15)17(14)22/h6-7,9-10,22-23H,4-5,8,20H2,1-3H3. The van der Waals surface area contributed by atoms with Crippen LogP contribution in [-0.2, 0) is 16.6 Å². The zero-order valence-corrected chi connectivity index (χ0v) is 13.8. The molecule has 2 aromatic carbocycles. The number of benzene rings is 2. The lowest BCUT2D eigenvalue weighted by atomic mass is 9.71. The molecule has 0 fully saturated rings. The van der Waals surface area contributed by atoms with Gasteiger partial charge in [-0.1, -0.05) is 32.9 Å². The van der Waals surface area contributed by atoms with Gasteiger partial charge < -0.3 is 20.7 Å². The van der Waals surface area contributed by atoms with E-state index < -0.39 is 5.92 Å². The molecule has 2 aromatic rings. The van der Waals surface area contributed by atoms with Gasteiger partial charge in [-0.3, -0.25) is 0 Å². The topological polar surface area (TPSA) is 83.6 Å². The zero-order chi connectivity index (χ0) is 16.9. The van der Waals surface area contributed by atoms with Gasteiger partial charge in [0.2, 0.25) is 0 Å². The minimum absolute atomic E-state index is 0.001000. The van der Waals surface area contributed by atoms with E-state index in [4.69, 9.17) is 5.73 Å². The summed E-state index contributed by atoms with van der Waals surface area (Å²) in [7, 11) is 0. The maximum absolute atomic E-state index is 11.1. The number of aldehydes is 1. The van der Waals surface area contributed by atoms with E-state index in [-0.39, 0.29) is 22.6 Å². The first kappa shape index (κ1) is 15.7. The van der Waals surface area contributed by atoms with E-state index in [1.54, 1.807) is 6.92 Å². The fourth-order valence-corrected chi connectivity index (χ4v) is 3.91. The summed E-state index contributed by atoms with van der Waals surface area (Å²) in [6, 6.07) is 3.86.